The third kappa shape index (κ3) is 1.73. The van der Waals surface area contributed by atoms with Gasteiger partial charge in [0, 0.05) is 0 Å². The molecule has 2 rings (SSSR count). The Morgan fingerprint density at radius 3 is 2.31 bits per heavy atom. The maximum atomic E-state index is 11.5. The number of aliphatic hydroxyl groups excluding tert-OH is 1. The van der Waals surface area contributed by atoms with E-state index < -0.39 is 15.6 Å². The van der Waals surface area contributed by atoms with Gasteiger partial charge in [-0.1, -0.05) is 0 Å². The minimum atomic E-state index is -3.13. The lowest BCUT2D eigenvalue weighted by molar-refractivity contribution is 0.110. The summed E-state index contributed by atoms with van der Waals surface area (Å²) < 4.78 is 25.7. The highest BCUT2D eigenvalue weighted by Gasteiger charge is 2.44. The maximum Gasteiger partial charge on any atom is 0.215 e. The van der Waals surface area contributed by atoms with Gasteiger partial charge in [-0.2, -0.15) is 0 Å². The molecule has 0 radical (unpaired) electrons. The molecule has 2 saturated carbocycles. The first-order valence-corrected chi connectivity index (χ1v) is 6.26. The number of rotatable bonds is 4. The van der Waals surface area contributed by atoms with Gasteiger partial charge in [-0.3, -0.25) is 0 Å². The number of sulfonamides is 1. The van der Waals surface area contributed by atoms with Gasteiger partial charge in [0.25, 0.3) is 0 Å². The molecular formula is C8H15NO3S. The van der Waals surface area contributed by atoms with E-state index in [0.717, 1.165) is 32.1 Å². The average Bonchev–Trinajstić information content (AvgIpc) is 2.78. The van der Waals surface area contributed by atoms with Crippen LogP contribution in [0.25, 0.3) is 0 Å². The first kappa shape index (κ1) is 9.43. The van der Waals surface area contributed by atoms with Crippen molar-refractivity contribution >= 4 is 10.0 Å². The molecule has 4 nitrogen and oxygen atoms in total. The molecule has 2 aliphatic rings. The molecule has 76 valence electrons. The first-order valence-electron chi connectivity index (χ1n) is 4.72. The largest absolute Gasteiger partial charge is 0.394 e. The van der Waals surface area contributed by atoms with E-state index in [0.29, 0.717) is 0 Å². The molecule has 0 aliphatic heterocycles. The normalized spacial score (nSPS) is 26.8. The van der Waals surface area contributed by atoms with Crippen molar-refractivity contribution in [2.24, 2.45) is 0 Å². The van der Waals surface area contributed by atoms with Crippen LogP contribution in [0.3, 0.4) is 0 Å². The average molecular weight is 205 g/mol. The molecule has 2 aliphatic carbocycles. The molecule has 5 heteroatoms. The van der Waals surface area contributed by atoms with Crippen molar-refractivity contribution in [2.75, 3.05) is 6.61 Å². The van der Waals surface area contributed by atoms with Crippen molar-refractivity contribution in [3.05, 3.63) is 0 Å². The minimum absolute atomic E-state index is 0.0705. The Balaban J connectivity index is 2.03. The zero-order chi connectivity index (χ0) is 9.53. The quantitative estimate of drug-likeness (QED) is 0.678. The predicted molar refractivity (Wildman–Crippen MR) is 48.7 cm³/mol. The van der Waals surface area contributed by atoms with Gasteiger partial charge in [0.15, 0.2) is 0 Å². The van der Waals surface area contributed by atoms with Crippen LogP contribution in [-0.4, -0.2) is 30.9 Å². The monoisotopic (exact) mass is 205 g/mol. The SMILES string of the molecule is O=S(=O)(NC1(CO)CCC1)C1CC1. The van der Waals surface area contributed by atoms with Crippen LogP contribution in [0.2, 0.25) is 0 Å². The summed E-state index contributed by atoms with van der Waals surface area (Å²) in [5.41, 5.74) is -0.512. The van der Waals surface area contributed by atoms with Crippen LogP contribution in [0, 0.1) is 0 Å². The van der Waals surface area contributed by atoms with Gasteiger partial charge in [-0.05, 0) is 32.1 Å². The Labute approximate surface area is 78.4 Å². The van der Waals surface area contributed by atoms with Gasteiger partial charge in [-0.15, -0.1) is 0 Å². The number of hydrogen-bond acceptors (Lipinski definition) is 3. The van der Waals surface area contributed by atoms with Gasteiger partial charge in [-0.25, -0.2) is 13.1 Å². The fourth-order valence-corrected chi connectivity index (χ4v) is 3.46. The maximum absolute atomic E-state index is 11.5. The Kier molecular flexibility index (Phi) is 2.13. The van der Waals surface area contributed by atoms with Crippen molar-refractivity contribution in [2.45, 2.75) is 42.9 Å². The molecule has 0 amide bonds. The Morgan fingerprint density at radius 1 is 1.38 bits per heavy atom. The molecule has 0 bridgehead atoms. The van der Waals surface area contributed by atoms with Gasteiger partial charge >= 0.3 is 0 Å². The molecule has 0 aromatic heterocycles. The molecule has 0 aromatic rings. The molecule has 2 fully saturated rings. The molecule has 2 N–H and O–H groups in total. The van der Waals surface area contributed by atoms with E-state index in [-0.39, 0.29) is 11.9 Å². The first-order chi connectivity index (χ1) is 6.08. The van der Waals surface area contributed by atoms with Gasteiger partial charge < -0.3 is 5.11 Å². The van der Waals surface area contributed by atoms with Crippen LogP contribution in [0.5, 0.6) is 0 Å². The Bertz CT molecular complexity index is 285. The lowest BCUT2D eigenvalue weighted by atomic mass is 9.78. The van der Waals surface area contributed by atoms with Crippen molar-refractivity contribution in [3.63, 3.8) is 0 Å². The van der Waals surface area contributed by atoms with Crippen LogP contribution in [0.15, 0.2) is 0 Å². The fourth-order valence-electron chi connectivity index (χ4n) is 1.66. The molecule has 0 spiro atoms. The summed E-state index contributed by atoms with van der Waals surface area (Å²) in [6.45, 7) is -0.0705. The van der Waals surface area contributed by atoms with Crippen molar-refractivity contribution in [1.82, 2.24) is 4.72 Å². The summed E-state index contributed by atoms with van der Waals surface area (Å²) in [6.07, 6.45) is 4.10. The molecular weight excluding hydrogens is 190 g/mol. The second-order valence-electron chi connectivity index (χ2n) is 4.14. The van der Waals surface area contributed by atoms with Gasteiger partial charge in [0.05, 0.1) is 17.4 Å². The van der Waals surface area contributed by atoms with E-state index in [1.807, 2.05) is 0 Å². The highest BCUT2D eigenvalue weighted by Crippen LogP contribution is 2.35. The second-order valence-corrected chi connectivity index (χ2v) is 6.10. The Morgan fingerprint density at radius 2 is 2.00 bits per heavy atom. The Hall–Kier alpha value is -0.130. The molecule has 0 aromatic carbocycles. The summed E-state index contributed by atoms with van der Waals surface area (Å²) in [7, 11) is -3.13. The topological polar surface area (TPSA) is 66.4 Å². The number of nitrogens with one attached hydrogen (secondary N) is 1. The highest BCUT2D eigenvalue weighted by atomic mass is 32.2. The predicted octanol–water partition coefficient (Wildman–Crippen LogP) is -0.0168. The van der Waals surface area contributed by atoms with Crippen LogP contribution in [0.1, 0.15) is 32.1 Å². The van der Waals surface area contributed by atoms with Gasteiger partial charge in [0.1, 0.15) is 0 Å². The molecule has 0 heterocycles. The number of hydrogen-bond donors (Lipinski definition) is 2. The fraction of sp³-hybridized carbons (Fsp3) is 1.00. The van der Waals surface area contributed by atoms with E-state index in [1.54, 1.807) is 0 Å². The summed E-state index contributed by atoms with van der Waals surface area (Å²) in [6, 6.07) is 0. The van der Waals surface area contributed by atoms with E-state index in [9.17, 15) is 8.42 Å². The van der Waals surface area contributed by atoms with E-state index in [4.69, 9.17) is 5.11 Å². The summed E-state index contributed by atoms with van der Waals surface area (Å²) in [5, 5.41) is 8.89. The molecule has 13 heavy (non-hydrogen) atoms. The van der Waals surface area contributed by atoms with Crippen LogP contribution < -0.4 is 4.72 Å². The summed E-state index contributed by atoms with van der Waals surface area (Å²) in [5.74, 6) is 0. The van der Waals surface area contributed by atoms with Gasteiger partial charge in [0.2, 0.25) is 10.0 Å². The zero-order valence-electron chi connectivity index (χ0n) is 7.49. The summed E-state index contributed by atoms with van der Waals surface area (Å²) >= 11 is 0. The van der Waals surface area contributed by atoms with Crippen molar-refractivity contribution < 1.29 is 13.5 Å². The minimum Gasteiger partial charge on any atom is -0.394 e. The third-order valence-electron chi connectivity index (χ3n) is 2.94. The lowest BCUT2D eigenvalue weighted by Gasteiger charge is -2.40. The van der Waals surface area contributed by atoms with E-state index in [2.05, 4.69) is 4.72 Å². The van der Waals surface area contributed by atoms with E-state index >= 15 is 0 Å². The second kappa shape index (κ2) is 2.93. The highest BCUT2D eigenvalue weighted by molar-refractivity contribution is 7.90. The van der Waals surface area contributed by atoms with Crippen LogP contribution in [0.4, 0.5) is 0 Å². The third-order valence-corrected chi connectivity index (χ3v) is 5.00. The zero-order valence-corrected chi connectivity index (χ0v) is 8.31. The smallest absolute Gasteiger partial charge is 0.215 e. The van der Waals surface area contributed by atoms with E-state index in [1.165, 1.54) is 0 Å². The molecule has 0 unspecified atom stereocenters. The van der Waals surface area contributed by atoms with Crippen LogP contribution >= 0.6 is 0 Å². The molecule has 0 atom stereocenters. The van der Waals surface area contributed by atoms with Crippen molar-refractivity contribution in [1.29, 1.82) is 0 Å². The lowest BCUT2D eigenvalue weighted by Crippen LogP contribution is -2.56. The van der Waals surface area contributed by atoms with Crippen LogP contribution in [-0.2, 0) is 10.0 Å². The molecule has 0 saturated heterocycles. The number of aliphatic hydroxyl groups is 1. The standard InChI is InChI=1S/C8H15NO3S/c10-6-8(4-1-5-8)9-13(11,12)7-2-3-7/h7,9-10H,1-6H2. The van der Waals surface area contributed by atoms with Crippen molar-refractivity contribution in [3.8, 4) is 0 Å². The summed E-state index contributed by atoms with van der Waals surface area (Å²) in [4.78, 5) is 0.